The Bertz CT molecular complexity index is 362. The quantitative estimate of drug-likeness (QED) is 0.607. The summed E-state index contributed by atoms with van der Waals surface area (Å²) < 4.78 is 0. The van der Waals surface area contributed by atoms with Gasteiger partial charge in [-0.2, -0.15) is 0 Å². The molecule has 88 valence electrons. The first-order chi connectivity index (χ1) is 7.63. The molecule has 0 aliphatic carbocycles. The molecular weight excluding hydrogens is 222 g/mol. The Morgan fingerprint density at radius 3 is 3.06 bits per heavy atom. The lowest BCUT2D eigenvalue weighted by atomic mass is 10.2. The monoisotopic (exact) mass is 239 g/mol. The normalized spacial score (nSPS) is 10.1. The Labute approximate surface area is 99.8 Å². The number of nitrogen functional groups attached to an aromatic ring is 1. The van der Waals surface area contributed by atoms with Gasteiger partial charge in [0.1, 0.15) is 0 Å². The lowest BCUT2D eigenvalue weighted by Crippen LogP contribution is -2.29. The standard InChI is InChI=1S/C11H17N3OS/c1-3-4-5-6-14(2)10(15)7-9-8-16-11(12)13-9/h3,8H,1,4-7H2,2H3,(H2,12,13). The third kappa shape index (κ3) is 4.02. The van der Waals surface area contributed by atoms with Gasteiger partial charge in [0.2, 0.25) is 5.91 Å². The van der Waals surface area contributed by atoms with Crippen molar-refractivity contribution in [3.63, 3.8) is 0 Å². The molecule has 4 nitrogen and oxygen atoms in total. The van der Waals surface area contributed by atoms with Crippen molar-refractivity contribution >= 4 is 22.4 Å². The summed E-state index contributed by atoms with van der Waals surface area (Å²) in [6.07, 6.45) is 4.07. The van der Waals surface area contributed by atoms with Gasteiger partial charge in [0.05, 0.1) is 12.1 Å². The molecule has 1 rings (SSSR count). The third-order valence-corrected chi connectivity index (χ3v) is 2.95. The van der Waals surface area contributed by atoms with Crippen molar-refractivity contribution in [1.82, 2.24) is 9.88 Å². The Hall–Kier alpha value is -1.36. The number of hydrogen-bond acceptors (Lipinski definition) is 4. The highest BCUT2D eigenvalue weighted by Gasteiger charge is 2.10. The van der Waals surface area contributed by atoms with E-state index in [-0.39, 0.29) is 5.91 Å². The summed E-state index contributed by atoms with van der Waals surface area (Å²) in [7, 11) is 1.81. The van der Waals surface area contributed by atoms with Crippen LogP contribution < -0.4 is 5.73 Å². The number of anilines is 1. The average molecular weight is 239 g/mol. The minimum atomic E-state index is 0.0781. The third-order valence-electron chi connectivity index (χ3n) is 2.23. The summed E-state index contributed by atoms with van der Waals surface area (Å²) >= 11 is 1.36. The maximum Gasteiger partial charge on any atom is 0.228 e. The molecular formula is C11H17N3OS. The molecule has 0 bridgehead atoms. The Morgan fingerprint density at radius 1 is 1.75 bits per heavy atom. The van der Waals surface area contributed by atoms with Crippen LogP contribution >= 0.6 is 11.3 Å². The molecule has 0 fully saturated rings. The number of carbonyl (C=O) groups is 1. The Kier molecular flexibility index (Phi) is 4.98. The molecule has 5 heteroatoms. The number of amides is 1. The topological polar surface area (TPSA) is 59.2 Å². The molecule has 0 aliphatic rings. The van der Waals surface area contributed by atoms with E-state index in [4.69, 9.17) is 5.73 Å². The first-order valence-corrected chi connectivity index (χ1v) is 6.06. The molecule has 2 N–H and O–H groups in total. The van der Waals surface area contributed by atoms with Gasteiger partial charge in [-0.05, 0) is 12.8 Å². The fourth-order valence-corrected chi connectivity index (χ4v) is 1.85. The predicted molar refractivity (Wildman–Crippen MR) is 67.3 cm³/mol. The van der Waals surface area contributed by atoms with Crippen LogP contribution in [-0.4, -0.2) is 29.4 Å². The van der Waals surface area contributed by atoms with Gasteiger partial charge < -0.3 is 10.6 Å². The second-order valence-corrected chi connectivity index (χ2v) is 4.49. The first kappa shape index (κ1) is 12.7. The number of nitrogens with zero attached hydrogens (tertiary/aromatic N) is 2. The van der Waals surface area contributed by atoms with Crippen molar-refractivity contribution in [3.05, 3.63) is 23.7 Å². The van der Waals surface area contributed by atoms with E-state index in [0.717, 1.165) is 25.1 Å². The van der Waals surface area contributed by atoms with Gasteiger partial charge >= 0.3 is 0 Å². The summed E-state index contributed by atoms with van der Waals surface area (Å²) in [4.78, 5) is 17.5. The van der Waals surface area contributed by atoms with Gasteiger partial charge in [-0.3, -0.25) is 4.79 Å². The van der Waals surface area contributed by atoms with E-state index in [0.29, 0.717) is 11.6 Å². The smallest absolute Gasteiger partial charge is 0.228 e. The van der Waals surface area contributed by atoms with E-state index in [9.17, 15) is 4.79 Å². The van der Waals surface area contributed by atoms with Crippen LogP contribution in [0.3, 0.4) is 0 Å². The number of allylic oxidation sites excluding steroid dienone is 1. The van der Waals surface area contributed by atoms with E-state index < -0.39 is 0 Å². The van der Waals surface area contributed by atoms with Gasteiger partial charge in [-0.25, -0.2) is 4.98 Å². The molecule has 0 atom stereocenters. The average Bonchev–Trinajstić information content (AvgIpc) is 2.64. The largest absolute Gasteiger partial charge is 0.375 e. The van der Waals surface area contributed by atoms with Crippen molar-refractivity contribution in [2.75, 3.05) is 19.3 Å². The molecule has 0 aromatic carbocycles. The summed E-state index contributed by atoms with van der Waals surface area (Å²) in [5.74, 6) is 0.0781. The molecule has 0 saturated carbocycles. The molecule has 0 aliphatic heterocycles. The van der Waals surface area contributed by atoms with E-state index >= 15 is 0 Å². The first-order valence-electron chi connectivity index (χ1n) is 5.18. The fraction of sp³-hybridized carbons (Fsp3) is 0.455. The second kappa shape index (κ2) is 6.27. The van der Waals surface area contributed by atoms with Crippen molar-refractivity contribution in [2.24, 2.45) is 0 Å². The molecule has 0 spiro atoms. The highest BCUT2D eigenvalue weighted by atomic mass is 32.1. The van der Waals surface area contributed by atoms with Crippen LogP contribution in [-0.2, 0) is 11.2 Å². The highest BCUT2D eigenvalue weighted by molar-refractivity contribution is 7.13. The SMILES string of the molecule is C=CCCCN(C)C(=O)Cc1csc(N)n1. The molecule has 1 amide bonds. The maximum absolute atomic E-state index is 11.7. The van der Waals surface area contributed by atoms with E-state index in [2.05, 4.69) is 11.6 Å². The summed E-state index contributed by atoms with van der Waals surface area (Å²) in [6, 6.07) is 0. The summed E-state index contributed by atoms with van der Waals surface area (Å²) in [5.41, 5.74) is 6.25. The van der Waals surface area contributed by atoms with Crippen molar-refractivity contribution < 1.29 is 4.79 Å². The van der Waals surface area contributed by atoms with Crippen LogP contribution in [0.25, 0.3) is 0 Å². The number of likely N-dealkylation sites (N-methyl/N-ethyl adjacent to an activating group) is 1. The van der Waals surface area contributed by atoms with Crippen molar-refractivity contribution in [2.45, 2.75) is 19.3 Å². The summed E-state index contributed by atoms with van der Waals surface area (Å²) in [5, 5.41) is 2.34. The minimum absolute atomic E-state index is 0.0781. The number of carbonyl (C=O) groups excluding carboxylic acids is 1. The predicted octanol–water partition coefficient (Wildman–Crippen LogP) is 1.69. The van der Waals surface area contributed by atoms with Crippen LogP contribution in [0.4, 0.5) is 5.13 Å². The van der Waals surface area contributed by atoms with Crippen LogP contribution in [0.2, 0.25) is 0 Å². The lowest BCUT2D eigenvalue weighted by Gasteiger charge is -2.15. The molecule has 1 aromatic heterocycles. The van der Waals surface area contributed by atoms with Gasteiger partial charge in [0, 0.05) is 19.0 Å². The zero-order valence-corrected chi connectivity index (χ0v) is 10.3. The van der Waals surface area contributed by atoms with E-state index in [1.165, 1.54) is 11.3 Å². The molecule has 0 radical (unpaired) electrons. The molecule has 1 heterocycles. The maximum atomic E-state index is 11.7. The summed E-state index contributed by atoms with van der Waals surface area (Å²) in [6.45, 7) is 4.40. The Balaban J connectivity index is 2.36. The van der Waals surface area contributed by atoms with Crippen LogP contribution in [0, 0.1) is 0 Å². The number of hydrogen-bond donors (Lipinski definition) is 1. The molecule has 0 unspecified atom stereocenters. The highest BCUT2D eigenvalue weighted by Crippen LogP contribution is 2.12. The second-order valence-electron chi connectivity index (χ2n) is 3.60. The van der Waals surface area contributed by atoms with Crippen LogP contribution in [0.5, 0.6) is 0 Å². The minimum Gasteiger partial charge on any atom is -0.375 e. The van der Waals surface area contributed by atoms with Gasteiger partial charge in [0.25, 0.3) is 0 Å². The number of nitrogens with two attached hydrogens (primary N) is 1. The number of rotatable bonds is 6. The van der Waals surface area contributed by atoms with Gasteiger partial charge in [0.15, 0.2) is 5.13 Å². The van der Waals surface area contributed by atoms with E-state index in [1.807, 2.05) is 11.5 Å². The number of aromatic nitrogens is 1. The molecule has 1 aromatic rings. The van der Waals surface area contributed by atoms with E-state index in [1.54, 1.807) is 11.9 Å². The van der Waals surface area contributed by atoms with Crippen LogP contribution in [0.1, 0.15) is 18.5 Å². The van der Waals surface area contributed by atoms with Crippen molar-refractivity contribution in [3.8, 4) is 0 Å². The molecule has 16 heavy (non-hydrogen) atoms. The van der Waals surface area contributed by atoms with Crippen LogP contribution in [0.15, 0.2) is 18.0 Å². The van der Waals surface area contributed by atoms with Gasteiger partial charge in [-0.15, -0.1) is 17.9 Å². The molecule has 0 saturated heterocycles. The Morgan fingerprint density at radius 2 is 2.50 bits per heavy atom. The number of thiazole rings is 1. The zero-order chi connectivity index (χ0) is 12.0. The number of unbranched alkanes of at least 4 members (excludes halogenated alkanes) is 1. The van der Waals surface area contributed by atoms with Crippen molar-refractivity contribution in [1.29, 1.82) is 0 Å². The lowest BCUT2D eigenvalue weighted by molar-refractivity contribution is -0.129. The van der Waals surface area contributed by atoms with Gasteiger partial charge in [-0.1, -0.05) is 6.08 Å². The fourth-order valence-electron chi connectivity index (χ4n) is 1.29. The zero-order valence-electron chi connectivity index (χ0n) is 9.48.